The molecule has 0 bridgehead atoms. The Bertz CT molecular complexity index is 498. The number of nitrogens with zero attached hydrogens (tertiary/aromatic N) is 2. The molecule has 0 aromatic carbocycles. The first-order valence-corrected chi connectivity index (χ1v) is 6.09. The van der Waals surface area contributed by atoms with Gasteiger partial charge in [0.15, 0.2) is 6.20 Å². The van der Waals surface area contributed by atoms with E-state index >= 15 is 0 Å². The second-order valence-corrected chi connectivity index (χ2v) is 5.03. The van der Waals surface area contributed by atoms with Crippen LogP contribution in [0.4, 0.5) is 5.82 Å². The van der Waals surface area contributed by atoms with Crippen LogP contribution in [0.3, 0.4) is 0 Å². The molecule has 1 atom stereocenters. The molecule has 8 nitrogen and oxygen atoms in total. The fraction of sp³-hybridized carbons (Fsp3) is 0.375. The number of rotatable bonds is 5. The van der Waals surface area contributed by atoms with Crippen molar-refractivity contribution in [1.29, 1.82) is 0 Å². The van der Waals surface area contributed by atoms with E-state index < -0.39 is 26.8 Å². The van der Waals surface area contributed by atoms with Crippen LogP contribution in [0, 0.1) is 10.1 Å². The van der Waals surface area contributed by atoms with Crippen LogP contribution < -0.4 is 4.72 Å². The van der Waals surface area contributed by atoms with Crippen molar-refractivity contribution in [2.75, 3.05) is 6.61 Å². The quantitative estimate of drug-likeness (QED) is 0.551. The molecule has 0 unspecified atom stereocenters. The molecule has 1 aromatic rings. The molecule has 0 saturated heterocycles. The minimum Gasteiger partial charge on any atom is -0.395 e. The van der Waals surface area contributed by atoms with Crippen molar-refractivity contribution in [3.8, 4) is 0 Å². The third kappa shape index (κ3) is 3.44. The second-order valence-electron chi connectivity index (χ2n) is 3.31. The Kier molecular flexibility index (Phi) is 4.10. The molecule has 0 radical (unpaired) electrons. The van der Waals surface area contributed by atoms with E-state index in [4.69, 9.17) is 5.11 Å². The van der Waals surface area contributed by atoms with E-state index in [0.29, 0.717) is 0 Å². The van der Waals surface area contributed by atoms with Crippen LogP contribution in [-0.2, 0) is 10.0 Å². The van der Waals surface area contributed by atoms with Crippen LogP contribution in [0.1, 0.15) is 6.92 Å². The lowest BCUT2D eigenvalue weighted by molar-refractivity contribution is -0.389. The molecule has 0 aliphatic rings. The highest BCUT2D eigenvalue weighted by Crippen LogP contribution is 2.12. The number of aliphatic hydroxyl groups is 1. The van der Waals surface area contributed by atoms with Gasteiger partial charge in [-0.3, -0.25) is 0 Å². The summed E-state index contributed by atoms with van der Waals surface area (Å²) in [5, 5.41) is 19.1. The summed E-state index contributed by atoms with van der Waals surface area (Å²) in [5.74, 6) is -0.431. The minimum atomic E-state index is -3.81. The van der Waals surface area contributed by atoms with Crippen molar-refractivity contribution in [1.82, 2.24) is 9.71 Å². The Morgan fingerprint density at radius 1 is 1.59 bits per heavy atom. The van der Waals surface area contributed by atoms with E-state index in [1.165, 1.54) is 6.92 Å². The molecule has 0 saturated carbocycles. The Morgan fingerprint density at radius 2 is 2.24 bits per heavy atom. The van der Waals surface area contributed by atoms with Gasteiger partial charge in [-0.15, -0.1) is 0 Å². The van der Waals surface area contributed by atoms with Gasteiger partial charge in [0, 0.05) is 12.1 Å². The van der Waals surface area contributed by atoms with Gasteiger partial charge in [-0.2, -0.15) is 0 Å². The fourth-order valence-electron chi connectivity index (χ4n) is 1.01. The molecular weight excluding hydrogens is 250 g/mol. The third-order valence-electron chi connectivity index (χ3n) is 1.85. The van der Waals surface area contributed by atoms with Gasteiger partial charge in [-0.25, -0.2) is 13.1 Å². The molecule has 1 heterocycles. The summed E-state index contributed by atoms with van der Waals surface area (Å²) < 4.78 is 25.5. The Morgan fingerprint density at radius 3 is 2.65 bits per heavy atom. The monoisotopic (exact) mass is 261 g/mol. The Labute approximate surface area is 97.5 Å². The van der Waals surface area contributed by atoms with Gasteiger partial charge in [-0.1, -0.05) is 0 Å². The summed E-state index contributed by atoms with van der Waals surface area (Å²) in [6.07, 6.45) is 0.893. The molecule has 0 spiro atoms. The minimum absolute atomic E-state index is 0.191. The molecule has 1 aromatic heterocycles. The van der Waals surface area contributed by atoms with Crippen molar-refractivity contribution in [3.63, 3.8) is 0 Å². The predicted octanol–water partition coefficient (Wildman–Crippen LogP) is -0.351. The number of sulfonamides is 1. The van der Waals surface area contributed by atoms with E-state index in [2.05, 4.69) is 9.71 Å². The zero-order valence-corrected chi connectivity index (χ0v) is 9.72. The zero-order valence-electron chi connectivity index (χ0n) is 8.90. The summed E-state index contributed by atoms with van der Waals surface area (Å²) in [7, 11) is -3.81. The summed E-state index contributed by atoms with van der Waals surface area (Å²) in [6, 6.07) is 1.44. The van der Waals surface area contributed by atoms with Crippen molar-refractivity contribution in [3.05, 3.63) is 28.4 Å². The van der Waals surface area contributed by atoms with Gasteiger partial charge in [0.05, 0.1) is 6.61 Å². The topological polar surface area (TPSA) is 122 Å². The molecule has 1 rings (SSSR count). The van der Waals surface area contributed by atoms with Crippen molar-refractivity contribution >= 4 is 15.8 Å². The number of hydrogen-bond donors (Lipinski definition) is 2. The smallest absolute Gasteiger partial charge is 0.363 e. The Balaban J connectivity index is 2.96. The highest BCUT2D eigenvalue weighted by atomic mass is 32.2. The van der Waals surface area contributed by atoms with E-state index in [9.17, 15) is 18.5 Å². The summed E-state index contributed by atoms with van der Waals surface area (Å²) in [5.41, 5.74) is 0. The summed E-state index contributed by atoms with van der Waals surface area (Å²) in [4.78, 5) is 12.8. The lowest BCUT2D eigenvalue weighted by Crippen LogP contribution is -2.35. The van der Waals surface area contributed by atoms with Crippen molar-refractivity contribution in [2.45, 2.75) is 17.9 Å². The van der Waals surface area contributed by atoms with Crippen LogP contribution >= 0.6 is 0 Å². The summed E-state index contributed by atoms with van der Waals surface area (Å²) >= 11 is 0. The van der Waals surface area contributed by atoms with Crippen molar-refractivity contribution < 1.29 is 18.4 Å². The first-order chi connectivity index (χ1) is 7.86. The zero-order chi connectivity index (χ0) is 13.1. The lowest BCUT2D eigenvalue weighted by atomic mass is 10.4. The van der Waals surface area contributed by atoms with Gasteiger partial charge in [0.25, 0.3) is 0 Å². The maximum atomic E-state index is 11.7. The lowest BCUT2D eigenvalue weighted by Gasteiger charge is -2.10. The molecule has 0 aliphatic heterocycles. The first kappa shape index (κ1) is 13.5. The molecule has 0 aliphatic carbocycles. The standard InChI is InChI=1S/C8H11N3O5S/c1-6(5-12)10-17(15,16)7-2-3-8(9-4-7)11(13)14/h2-4,6,10,12H,5H2,1H3/t6-/m0/s1. The highest BCUT2D eigenvalue weighted by Gasteiger charge is 2.19. The van der Waals surface area contributed by atoms with Crippen LogP contribution in [0.15, 0.2) is 23.2 Å². The second kappa shape index (κ2) is 5.17. The van der Waals surface area contributed by atoms with Crippen molar-refractivity contribution in [2.24, 2.45) is 0 Å². The number of hydrogen-bond acceptors (Lipinski definition) is 6. The molecule has 9 heteroatoms. The van der Waals surface area contributed by atoms with Gasteiger partial charge < -0.3 is 15.2 Å². The highest BCUT2D eigenvalue weighted by molar-refractivity contribution is 7.89. The average molecular weight is 261 g/mol. The molecule has 94 valence electrons. The Hall–Kier alpha value is -1.58. The van der Waals surface area contributed by atoms with E-state index in [0.717, 1.165) is 18.3 Å². The first-order valence-electron chi connectivity index (χ1n) is 4.60. The number of aliphatic hydroxyl groups excluding tert-OH is 1. The van der Waals surface area contributed by atoms with E-state index in [1.807, 2.05) is 0 Å². The average Bonchev–Trinajstić information content (AvgIpc) is 2.28. The largest absolute Gasteiger partial charge is 0.395 e. The maximum absolute atomic E-state index is 11.7. The molecule has 0 fully saturated rings. The number of pyridine rings is 1. The van der Waals surface area contributed by atoms with Gasteiger partial charge >= 0.3 is 5.82 Å². The van der Waals surface area contributed by atoms with Crippen LogP contribution in [0.2, 0.25) is 0 Å². The van der Waals surface area contributed by atoms with E-state index in [1.54, 1.807) is 0 Å². The van der Waals surface area contributed by atoms with Crippen LogP contribution in [0.25, 0.3) is 0 Å². The van der Waals surface area contributed by atoms with Gasteiger partial charge in [0.1, 0.15) is 4.90 Å². The molecule has 17 heavy (non-hydrogen) atoms. The van der Waals surface area contributed by atoms with Crippen LogP contribution in [0.5, 0.6) is 0 Å². The number of nitrogens with one attached hydrogen (secondary N) is 1. The van der Waals surface area contributed by atoms with E-state index in [-0.39, 0.29) is 11.5 Å². The SMILES string of the molecule is C[C@@H](CO)NS(=O)(=O)c1ccc([N+](=O)[O-])nc1. The summed E-state index contributed by atoms with van der Waals surface area (Å²) in [6.45, 7) is 1.13. The van der Waals surface area contributed by atoms with Gasteiger partial charge in [-0.05, 0) is 22.9 Å². The maximum Gasteiger partial charge on any atom is 0.363 e. The van der Waals surface area contributed by atoms with Crippen LogP contribution in [-0.4, -0.2) is 36.1 Å². The molecule has 2 N–H and O–H groups in total. The molecular formula is C8H11N3O5S. The predicted molar refractivity (Wildman–Crippen MR) is 57.8 cm³/mol. The number of nitro groups is 1. The normalized spacial score (nSPS) is 13.3. The third-order valence-corrected chi connectivity index (χ3v) is 3.42. The molecule has 0 amide bonds. The fourth-order valence-corrected chi connectivity index (χ4v) is 2.19. The number of aromatic nitrogens is 1. The van der Waals surface area contributed by atoms with Gasteiger partial charge in [0.2, 0.25) is 10.0 Å².